The van der Waals surface area contributed by atoms with E-state index in [0.29, 0.717) is 17.2 Å². The second kappa shape index (κ2) is 7.29. The number of quaternary nitrogens is 1. The molecule has 0 unspecified atom stereocenters. The second-order valence-corrected chi connectivity index (χ2v) is 7.40. The molecule has 25 heavy (non-hydrogen) atoms. The molecule has 1 heterocycles. The van der Waals surface area contributed by atoms with E-state index in [9.17, 15) is 9.18 Å². The van der Waals surface area contributed by atoms with Crippen LogP contribution in [0.2, 0.25) is 0 Å². The molecule has 0 saturated heterocycles. The lowest BCUT2D eigenvalue weighted by Gasteiger charge is -2.20. The fourth-order valence-electron chi connectivity index (χ4n) is 2.53. The molecule has 1 aromatic heterocycles. The topological polar surface area (TPSA) is 37.6 Å². The van der Waals surface area contributed by atoms with Crippen LogP contribution in [0.3, 0.4) is 0 Å². The van der Waals surface area contributed by atoms with Crippen molar-refractivity contribution in [3.63, 3.8) is 0 Å². The van der Waals surface area contributed by atoms with E-state index in [2.05, 4.69) is 11.1 Å². The average Bonchev–Trinajstić information content (AvgIpc) is 2.97. The molecule has 0 aliphatic carbocycles. The van der Waals surface area contributed by atoms with Crippen molar-refractivity contribution in [2.75, 3.05) is 32.1 Å². The van der Waals surface area contributed by atoms with Crippen LogP contribution in [0.15, 0.2) is 42.5 Å². The largest absolute Gasteiger partial charge is 0.338 e. The molecule has 1 N–H and O–H groups in total. The molecule has 2 aromatic carbocycles. The molecule has 130 valence electrons. The van der Waals surface area contributed by atoms with E-state index in [4.69, 9.17) is 0 Å². The maximum absolute atomic E-state index is 13.5. The van der Waals surface area contributed by atoms with Gasteiger partial charge < -0.3 is 4.90 Å². The van der Waals surface area contributed by atoms with Crippen molar-refractivity contribution in [2.24, 2.45) is 0 Å². The number of aryl methyl sites for hydroxylation is 1. The molecular weight excluding hydrogens is 337 g/mol. The number of carbonyl (C=O) groups excluding carboxylic acids is 1. The number of benzene rings is 2. The van der Waals surface area contributed by atoms with E-state index in [0.717, 1.165) is 22.3 Å². The van der Waals surface area contributed by atoms with Crippen molar-refractivity contribution in [1.82, 2.24) is 4.98 Å². The van der Waals surface area contributed by atoms with Crippen molar-refractivity contribution >= 4 is 32.6 Å². The first kappa shape index (κ1) is 17.5. The molecule has 0 bridgehead atoms. The SMILES string of the molecule is Cc1ccc2nc(N(CC[NH+](C)C)C(=O)c3cccc(F)c3)sc2c1. The van der Waals surface area contributed by atoms with E-state index in [1.54, 1.807) is 17.0 Å². The van der Waals surface area contributed by atoms with Crippen LogP contribution in [0.25, 0.3) is 10.2 Å². The Kier molecular flexibility index (Phi) is 5.11. The Labute approximate surface area is 150 Å². The summed E-state index contributed by atoms with van der Waals surface area (Å²) in [7, 11) is 4.07. The van der Waals surface area contributed by atoms with Gasteiger partial charge in [-0.3, -0.25) is 9.69 Å². The van der Waals surface area contributed by atoms with Gasteiger partial charge in [-0.15, -0.1) is 0 Å². The van der Waals surface area contributed by atoms with Crippen LogP contribution >= 0.6 is 11.3 Å². The van der Waals surface area contributed by atoms with E-state index in [-0.39, 0.29) is 5.91 Å². The van der Waals surface area contributed by atoms with Gasteiger partial charge in [0.1, 0.15) is 5.82 Å². The summed E-state index contributed by atoms with van der Waals surface area (Å²) < 4.78 is 14.6. The third-order valence-electron chi connectivity index (χ3n) is 3.92. The second-order valence-electron chi connectivity index (χ2n) is 6.39. The summed E-state index contributed by atoms with van der Waals surface area (Å²) in [6.07, 6.45) is 0. The average molecular weight is 358 g/mol. The molecule has 0 fully saturated rings. The van der Waals surface area contributed by atoms with Gasteiger partial charge in [0.05, 0.1) is 37.4 Å². The monoisotopic (exact) mass is 358 g/mol. The summed E-state index contributed by atoms with van der Waals surface area (Å²) in [6, 6.07) is 11.8. The molecule has 4 nitrogen and oxygen atoms in total. The van der Waals surface area contributed by atoms with Gasteiger partial charge in [-0.25, -0.2) is 9.37 Å². The molecule has 3 aromatic rings. The highest BCUT2D eigenvalue weighted by molar-refractivity contribution is 7.22. The van der Waals surface area contributed by atoms with Crippen molar-refractivity contribution in [1.29, 1.82) is 0 Å². The van der Waals surface area contributed by atoms with E-state index >= 15 is 0 Å². The fourth-order valence-corrected chi connectivity index (χ4v) is 3.62. The first-order valence-electron chi connectivity index (χ1n) is 8.17. The highest BCUT2D eigenvalue weighted by Crippen LogP contribution is 2.30. The maximum Gasteiger partial charge on any atom is 0.260 e. The Morgan fingerprint density at radius 3 is 2.76 bits per heavy atom. The minimum absolute atomic E-state index is 0.225. The zero-order valence-electron chi connectivity index (χ0n) is 14.5. The number of fused-ring (bicyclic) bond motifs is 1. The van der Waals surface area contributed by atoms with Crippen LogP contribution < -0.4 is 9.80 Å². The zero-order chi connectivity index (χ0) is 18.0. The highest BCUT2D eigenvalue weighted by Gasteiger charge is 2.22. The Morgan fingerprint density at radius 1 is 1.24 bits per heavy atom. The van der Waals surface area contributed by atoms with Gasteiger partial charge in [0.15, 0.2) is 5.13 Å². The van der Waals surface area contributed by atoms with Gasteiger partial charge in [-0.1, -0.05) is 23.5 Å². The van der Waals surface area contributed by atoms with Gasteiger partial charge in [-0.2, -0.15) is 0 Å². The van der Waals surface area contributed by atoms with Crippen molar-refractivity contribution in [3.8, 4) is 0 Å². The summed E-state index contributed by atoms with van der Waals surface area (Å²) in [6.45, 7) is 3.33. The fraction of sp³-hybridized carbons (Fsp3) is 0.263. The number of anilines is 1. The van der Waals surface area contributed by atoms with Gasteiger partial charge in [-0.05, 0) is 42.8 Å². The van der Waals surface area contributed by atoms with Crippen LogP contribution in [0, 0.1) is 12.7 Å². The molecule has 1 amide bonds. The van der Waals surface area contributed by atoms with Crippen LogP contribution in [0.4, 0.5) is 9.52 Å². The number of nitrogens with one attached hydrogen (secondary N) is 1. The first-order valence-corrected chi connectivity index (χ1v) is 8.99. The van der Waals surface area contributed by atoms with Gasteiger partial charge >= 0.3 is 0 Å². The number of likely N-dealkylation sites (N-methyl/N-ethyl adjacent to an activating group) is 1. The first-order chi connectivity index (χ1) is 11.9. The number of rotatable bonds is 5. The van der Waals surface area contributed by atoms with Crippen molar-refractivity contribution in [3.05, 3.63) is 59.4 Å². The number of aromatic nitrogens is 1. The minimum atomic E-state index is -0.413. The lowest BCUT2D eigenvalue weighted by molar-refractivity contribution is -0.856. The normalized spacial score (nSPS) is 11.2. The number of hydrogen-bond acceptors (Lipinski definition) is 3. The summed E-state index contributed by atoms with van der Waals surface area (Å²) in [4.78, 5) is 20.5. The highest BCUT2D eigenvalue weighted by atomic mass is 32.1. The van der Waals surface area contributed by atoms with Crippen LogP contribution in [0.1, 0.15) is 15.9 Å². The standard InChI is InChI=1S/C19H20FN3OS/c1-13-7-8-16-17(11-13)25-19(21-16)23(10-9-22(2)3)18(24)14-5-4-6-15(20)12-14/h4-8,11-12H,9-10H2,1-3H3/p+1. The molecule has 0 saturated carbocycles. The van der Waals surface area contributed by atoms with Gasteiger partial charge in [0.25, 0.3) is 5.91 Å². The number of halogens is 1. The van der Waals surface area contributed by atoms with E-state index in [1.165, 1.54) is 28.4 Å². The lowest BCUT2D eigenvalue weighted by Crippen LogP contribution is -3.06. The van der Waals surface area contributed by atoms with Crippen molar-refractivity contribution < 1.29 is 14.1 Å². The number of nitrogens with zero attached hydrogens (tertiary/aromatic N) is 2. The Morgan fingerprint density at radius 2 is 2.04 bits per heavy atom. The maximum atomic E-state index is 13.5. The summed E-state index contributed by atoms with van der Waals surface area (Å²) in [5.41, 5.74) is 2.37. The molecule has 0 aliphatic heterocycles. The molecular formula is C19H21FN3OS+. The number of hydrogen-bond donors (Lipinski definition) is 1. The predicted octanol–water partition coefficient (Wildman–Crippen LogP) is 2.54. The lowest BCUT2D eigenvalue weighted by atomic mass is 10.2. The number of amides is 1. The smallest absolute Gasteiger partial charge is 0.260 e. The molecule has 0 aliphatic rings. The molecule has 6 heteroatoms. The quantitative estimate of drug-likeness (QED) is 0.761. The molecule has 0 radical (unpaired) electrons. The van der Waals surface area contributed by atoms with E-state index < -0.39 is 5.82 Å². The number of thiazole rings is 1. The van der Waals surface area contributed by atoms with Crippen LogP contribution in [-0.4, -0.2) is 38.1 Å². The van der Waals surface area contributed by atoms with Crippen LogP contribution in [0.5, 0.6) is 0 Å². The van der Waals surface area contributed by atoms with Gasteiger partial charge in [0, 0.05) is 5.56 Å². The van der Waals surface area contributed by atoms with Gasteiger partial charge in [0.2, 0.25) is 0 Å². The Bertz CT molecular complexity index is 907. The Hall–Kier alpha value is -2.31. The summed E-state index contributed by atoms with van der Waals surface area (Å²) in [5.74, 6) is -0.638. The summed E-state index contributed by atoms with van der Waals surface area (Å²) in [5, 5.41) is 0.649. The third-order valence-corrected chi connectivity index (χ3v) is 4.96. The molecule has 0 spiro atoms. The Balaban J connectivity index is 1.99. The van der Waals surface area contributed by atoms with Crippen LogP contribution in [-0.2, 0) is 0 Å². The van der Waals surface area contributed by atoms with Crippen molar-refractivity contribution in [2.45, 2.75) is 6.92 Å². The predicted molar refractivity (Wildman–Crippen MR) is 100 cm³/mol. The van der Waals surface area contributed by atoms with E-state index in [1.807, 2.05) is 33.2 Å². The number of carbonyl (C=O) groups is 1. The minimum Gasteiger partial charge on any atom is -0.338 e. The molecule has 0 atom stereocenters. The zero-order valence-corrected chi connectivity index (χ0v) is 15.4. The summed E-state index contributed by atoms with van der Waals surface area (Å²) >= 11 is 1.49. The molecule has 3 rings (SSSR count). The third kappa shape index (κ3) is 4.03.